The molecule has 8 nitrogen and oxygen atoms in total. The highest BCUT2D eigenvalue weighted by Gasteiger charge is 2.17. The van der Waals surface area contributed by atoms with Crippen molar-refractivity contribution in [3.05, 3.63) is 59.5 Å². The van der Waals surface area contributed by atoms with E-state index in [0.717, 1.165) is 16.8 Å². The zero-order chi connectivity index (χ0) is 19.4. The van der Waals surface area contributed by atoms with Crippen LogP contribution in [0.3, 0.4) is 0 Å². The van der Waals surface area contributed by atoms with Crippen LogP contribution in [-0.4, -0.2) is 33.3 Å². The Bertz CT molecular complexity index is 945. The first-order valence-electron chi connectivity index (χ1n) is 8.54. The molecule has 0 spiro atoms. The second kappa shape index (κ2) is 7.86. The summed E-state index contributed by atoms with van der Waals surface area (Å²) in [6.07, 6.45) is 1.72. The summed E-state index contributed by atoms with van der Waals surface area (Å²) in [6, 6.07) is 10.7. The minimum absolute atomic E-state index is 0.123. The Kier molecular flexibility index (Phi) is 5.35. The largest absolute Gasteiger partial charge is 0.355 e. The van der Waals surface area contributed by atoms with Crippen LogP contribution in [0, 0.1) is 6.92 Å². The highest BCUT2D eigenvalue weighted by molar-refractivity contribution is 5.95. The van der Waals surface area contributed by atoms with Gasteiger partial charge in [-0.25, -0.2) is 0 Å². The molecule has 0 aliphatic heterocycles. The lowest BCUT2D eigenvalue weighted by atomic mass is 10.1. The third-order valence-electron chi connectivity index (χ3n) is 4.33. The molecule has 2 aromatic heterocycles. The topological polar surface area (TPSA) is 102 Å². The molecule has 0 fully saturated rings. The first-order valence-corrected chi connectivity index (χ1v) is 8.54. The van der Waals surface area contributed by atoms with Crippen LogP contribution in [0.25, 0.3) is 11.3 Å². The van der Waals surface area contributed by atoms with E-state index < -0.39 is 5.91 Å². The van der Waals surface area contributed by atoms with Crippen molar-refractivity contribution in [1.82, 2.24) is 25.6 Å². The first-order chi connectivity index (χ1) is 13.0. The molecule has 0 saturated carbocycles. The fraction of sp³-hybridized carbons (Fsp3) is 0.263. The number of hydrogen-bond acceptors (Lipinski definition) is 5. The zero-order valence-corrected chi connectivity index (χ0v) is 15.4. The average Bonchev–Trinajstić information content (AvgIpc) is 3.28. The van der Waals surface area contributed by atoms with Gasteiger partial charge < -0.3 is 15.2 Å². The van der Waals surface area contributed by atoms with Gasteiger partial charge in [-0.3, -0.25) is 14.3 Å². The predicted molar refractivity (Wildman–Crippen MR) is 98.8 cm³/mol. The Morgan fingerprint density at radius 2 is 2.00 bits per heavy atom. The van der Waals surface area contributed by atoms with Gasteiger partial charge in [-0.1, -0.05) is 35.5 Å². The average molecular weight is 367 g/mol. The molecule has 140 valence electrons. The molecule has 0 radical (unpaired) electrons. The summed E-state index contributed by atoms with van der Waals surface area (Å²) in [4.78, 5) is 24.3. The molecule has 2 heterocycles. The van der Waals surface area contributed by atoms with Crippen LogP contribution in [0.4, 0.5) is 0 Å². The van der Waals surface area contributed by atoms with E-state index >= 15 is 0 Å². The summed E-state index contributed by atoms with van der Waals surface area (Å²) in [6.45, 7) is 3.64. The number of aromatic nitrogens is 3. The Labute approximate surface area is 156 Å². The molecule has 3 rings (SSSR count). The van der Waals surface area contributed by atoms with Gasteiger partial charge in [0.25, 0.3) is 5.91 Å². The predicted octanol–water partition coefficient (Wildman–Crippen LogP) is 1.99. The molecular formula is C19H21N5O3. The molecule has 1 aromatic carbocycles. The lowest BCUT2D eigenvalue weighted by molar-refractivity contribution is -0.120. The molecular weight excluding hydrogens is 346 g/mol. The monoisotopic (exact) mass is 367 g/mol. The minimum atomic E-state index is -0.471. The smallest absolute Gasteiger partial charge is 0.273 e. The second-order valence-electron chi connectivity index (χ2n) is 6.22. The third kappa shape index (κ3) is 4.22. The van der Waals surface area contributed by atoms with Gasteiger partial charge in [0.05, 0.1) is 18.8 Å². The number of nitrogens with zero attached hydrogens (tertiary/aromatic N) is 3. The van der Waals surface area contributed by atoms with E-state index in [1.54, 1.807) is 16.9 Å². The number of hydrogen-bond donors (Lipinski definition) is 2. The van der Waals surface area contributed by atoms with Crippen LogP contribution in [0.5, 0.6) is 0 Å². The first kappa shape index (κ1) is 18.4. The van der Waals surface area contributed by atoms with E-state index in [9.17, 15) is 9.59 Å². The quantitative estimate of drug-likeness (QED) is 0.694. The lowest BCUT2D eigenvalue weighted by Gasteiger charge is -2.13. The van der Waals surface area contributed by atoms with E-state index in [4.69, 9.17) is 4.52 Å². The maximum atomic E-state index is 12.2. The van der Waals surface area contributed by atoms with Crippen molar-refractivity contribution in [2.24, 2.45) is 7.05 Å². The number of carbonyl (C=O) groups is 2. The van der Waals surface area contributed by atoms with E-state index in [1.807, 2.05) is 51.2 Å². The normalized spacial score (nSPS) is 11.8. The van der Waals surface area contributed by atoms with Gasteiger partial charge in [-0.15, -0.1) is 0 Å². The molecule has 3 aromatic rings. The van der Waals surface area contributed by atoms with Crippen LogP contribution in [0.2, 0.25) is 0 Å². The molecule has 0 bridgehead atoms. The van der Waals surface area contributed by atoms with Gasteiger partial charge >= 0.3 is 0 Å². The number of nitrogens with one attached hydrogen (secondary N) is 2. The Balaban J connectivity index is 1.54. The van der Waals surface area contributed by atoms with Gasteiger partial charge in [0.15, 0.2) is 11.5 Å². The van der Waals surface area contributed by atoms with Crippen LogP contribution >= 0.6 is 0 Å². The van der Waals surface area contributed by atoms with Crippen LogP contribution in [0.1, 0.15) is 34.7 Å². The molecule has 0 aliphatic rings. The Hall–Kier alpha value is -3.42. The summed E-state index contributed by atoms with van der Waals surface area (Å²) in [5.41, 5.74) is 2.85. The van der Waals surface area contributed by atoms with Crippen molar-refractivity contribution in [2.45, 2.75) is 19.9 Å². The van der Waals surface area contributed by atoms with Gasteiger partial charge in [0, 0.05) is 29.9 Å². The molecule has 1 atom stereocenters. The fourth-order valence-electron chi connectivity index (χ4n) is 2.68. The van der Waals surface area contributed by atoms with Gasteiger partial charge in [-0.2, -0.15) is 5.10 Å². The number of amides is 2. The van der Waals surface area contributed by atoms with Crippen LogP contribution in [0.15, 0.2) is 47.1 Å². The van der Waals surface area contributed by atoms with Crippen LogP contribution in [-0.2, 0) is 11.8 Å². The lowest BCUT2D eigenvalue weighted by Crippen LogP contribution is -2.38. The summed E-state index contributed by atoms with van der Waals surface area (Å²) in [5, 5.41) is 13.3. The van der Waals surface area contributed by atoms with Crippen molar-refractivity contribution >= 4 is 11.8 Å². The molecule has 27 heavy (non-hydrogen) atoms. The van der Waals surface area contributed by atoms with E-state index in [1.165, 1.54) is 0 Å². The fourth-order valence-corrected chi connectivity index (χ4v) is 2.68. The van der Waals surface area contributed by atoms with Crippen LogP contribution < -0.4 is 10.6 Å². The van der Waals surface area contributed by atoms with Crippen molar-refractivity contribution in [2.75, 3.05) is 6.54 Å². The summed E-state index contributed by atoms with van der Waals surface area (Å²) in [7, 11) is 1.84. The molecule has 0 saturated heterocycles. The van der Waals surface area contributed by atoms with Gasteiger partial charge in [-0.05, 0) is 13.8 Å². The minimum Gasteiger partial charge on any atom is -0.355 e. The Morgan fingerprint density at radius 3 is 2.67 bits per heavy atom. The van der Waals surface area contributed by atoms with Gasteiger partial charge in [0.2, 0.25) is 5.91 Å². The molecule has 2 N–H and O–H groups in total. The summed E-state index contributed by atoms with van der Waals surface area (Å²) >= 11 is 0. The van der Waals surface area contributed by atoms with E-state index in [-0.39, 0.29) is 24.2 Å². The Morgan fingerprint density at radius 1 is 1.26 bits per heavy atom. The zero-order valence-electron chi connectivity index (χ0n) is 15.4. The number of aryl methyl sites for hydroxylation is 1. The number of benzene rings is 1. The van der Waals surface area contributed by atoms with Crippen molar-refractivity contribution in [3.8, 4) is 11.3 Å². The molecule has 0 aliphatic carbocycles. The standard InChI is InChI=1S/C19H21N5O3/c1-12(15-10-21-24(3)13(15)2)22-18(25)11-20-19(26)16-9-17(27-23-16)14-7-5-4-6-8-14/h4-10,12H,11H2,1-3H3,(H,20,26)(H,22,25)/t12-/m0/s1. The maximum absolute atomic E-state index is 12.2. The molecule has 8 heteroatoms. The third-order valence-corrected chi connectivity index (χ3v) is 4.33. The summed E-state index contributed by atoms with van der Waals surface area (Å²) in [5.74, 6) is -0.280. The van der Waals surface area contributed by atoms with Crippen molar-refractivity contribution < 1.29 is 14.1 Å². The SMILES string of the molecule is Cc1c([C@H](C)NC(=O)CNC(=O)c2cc(-c3ccccc3)on2)cnn1C. The van der Waals surface area contributed by atoms with E-state index in [2.05, 4.69) is 20.9 Å². The van der Waals surface area contributed by atoms with Crippen molar-refractivity contribution in [1.29, 1.82) is 0 Å². The van der Waals surface area contributed by atoms with E-state index in [0.29, 0.717) is 5.76 Å². The second-order valence-corrected chi connectivity index (χ2v) is 6.22. The molecule has 0 unspecified atom stereocenters. The number of rotatable bonds is 6. The number of carbonyl (C=O) groups excluding carboxylic acids is 2. The molecule has 2 amide bonds. The van der Waals surface area contributed by atoms with Crippen molar-refractivity contribution in [3.63, 3.8) is 0 Å². The highest BCUT2D eigenvalue weighted by Crippen LogP contribution is 2.19. The highest BCUT2D eigenvalue weighted by atomic mass is 16.5. The van der Waals surface area contributed by atoms with Gasteiger partial charge in [0.1, 0.15) is 0 Å². The summed E-state index contributed by atoms with van der Waals surface area (Å²) < 4.78 is 6.94. The maximum Gasteiger partial charge on any atom is 0.273 e.